The van der Waals surface area contributed by atoms with Crippen LogP contribution in [0.3, 0.4) is 0 Å². The van der Waals surface area contributed by atoms with Crippen LogP contribution in [0.4, 0.5) is 8.78 Å². The number of rotatable bonds is 8. The summed E-state index contributed by atoms with van der Waals surface area (Å²) in [5.74, 6) is -0.280. The Hall–Kier alpha value is -2.03. The molecule has 0 aliphatic heterocycles. The van der Waals surface area contributed by atoms with E-state index in [1.54, 1.807) is 12.1 Å². The summed E-state index contributed by atoms with van der Waals surface area (Å²) in [4.78, 5) is 12.0. The Bertz CT molecular complexity index is 647. The zero-order valence-corrected chi connectivity index (χ0v) is 14.4. The van der Waals surface area contributed by atoms with Crippen molar-refractivity contribution in [3.05, 3.63) is 70.3 Å². The summed E-state index contributed by atoms with van der Waals surface area (Å²) in [6.45, 7) is 3.83. The molecule has 0 spiro atoms. The normalized spacial score (nSPS) is 10.8. The first kappa shape index (κ1) is 18.3. The van der Waals surface area contributed by atoms with Crippen LogP contribution >= 0.6 is 0 Å². The van der Waals surface area contributed by atoms with Crippen molar-refractivity contribution in [3.8, 4) is 0 Å². The van der Waals surface area contributed by atoms with Crippen LogP contribution in [0.5, 0.6) is 0 Å². The number of halogens is 2. The van der Waals surface area contributed by atoms with E-state index < -0.39 is 0 Å². The average molecular weight is 330 g/mol. The molecule has 0 saturated heterocycles. The third kappa shape index (κ3) is 4.98. The lowest BCUT2D eigenvalue weighted by atomic mass is 10.00. The molecular formula is C21H24F2O. The van der Waals surface area contributed by atoms with Crippen molar-refractivity contribution in [1.29, 1.82) is 0 Å². The molecule has 24 heavy (non-hydrogen) atoms. The number of carbonyl (C=O) groups is 1. The molecule has 0 aliphatic rings. The SMILES string of the molecule is CCc1ccc(CCC(=O)CCc2ccc(CC)c(F)c2)cc1F. The van der Waals surface area contributed by atoms with Gasteiger partial charge in [-0.3, -0.25) is 4.79 Å². The fraction of sp³-hybridized carbons (Fsp3) is 0.381. The minimum Gasteiger partial charge on any atom is -0.300 e. The van der Waals surface area contributed by atoms with E-state index in [4.69, 9.17) is 0 Å². The second-order valence-electron chi connectivity index (χ2n) is 6.10. The van der Waals surface area contributed by atoms with Gasteiger partial charge in [0.2, 0.25) is 0 Å². The highest BCUT2D eigenvalue weighted by molar-refractivity contribution is 5.78. The van der Waals surface area contributed by atoms with Crippen molar-refractivity contribution in [3.63, 3.8) is 0 Å². The molecule has 3 heteroatoms. The van der Waals surface area contributed by atoms with Crippen molar-refractivity contribution in [2.45, 2.75) is 52.4 Å². The molecule has 0 heterocycles. The van der Waals surface area contributed by atoms with E-state index in [9.17, 15) is 13.6 Å². The van der Waals surface area contributed by atoms with Gasteiger partial charge in [-0.25, -0.2) is 8.78 Å². The highest BCUT2D eigenvalue weighted by atomic mass is 19.1. The van der Waals surface area contributed by atoms with Crippen molar-refractivity contribution < 1.29 is 13.6 Å². The Kier molecular flexibility index (Phi) is 6.65. The van der Waals surface area contributed by atoms with Gasteiger partial charge in [0.05, 0.1) is 0 Å². The summed E-state index contributed by atoms with van der Waals surface area (Å²) >= 11 is 0. The predicted molar refractivity (Wildman–Crippen MR) is 93.2 cm³/mol. The largest absolute Gasteiger partial charge is 0.300 e. The highest BCUT2D eigenvalue weighted by Crippen LogP contribution is 2.15. The second-order valence-corrected chi connectivity index (χ2v) is 6.10. The lowest BCUT2D eigenvalue weighted by Crippen LogP contribution is -2.03. The summed E-state index contributed by atoms with van der Waals surface area (Å²) in [5, 5.41) is 0. The summed E-state index contributed by atoms with van der Waals surface area (Å²) in [6, 6.07) is 10.4. The molecule has 0 fully saturated rings. The molecular weight excluding hydrogens is 306 g/mol. The third-order valence-corrected chi connectivity index (χ3v) is 4.38. The standard InChI is InChI=1S/C21H24F2O/c1-3-17-9-5-15(13-20(17)22)7-11-19(24)12-8-16-6-10-18(4-2)21(23)14-16/h5-6,9-10,13-14H,3-4,7-8,11-12H2,1-2H3. The number of hydrogen-bond donors (Lipinski definition) is 0. The van der Waals surface area contributed by atoms with Gasteiger partial charge in [-0.15, -0.1) is 0 Å². The monoisotopic (exact) mass is 330 g/mol. The van der Waals surface area contributed by atoms with Crippen molar-refractivity contribution in [1.82, 2.24) is 0 Å². The Morgan fingerprint density at radius 2 is 1.21 bits per heavy atom. The van der Waals surface area contributed by atoms with E-state index in [1.165, 1.54) is 12.1 Å². The average Bonchev–Trinajstić information content (AvgIpc) is 2.58. The number of benzene rings is 2. The Morgan fingerprint density at radius 1 is 0.792 bits per heavy atom. The van der Waals surface area contributed by atoms with Crippen LogP contribution in [0.2, 0.25) is 0 Å². The van der Waals surface area contributed by atoms with Crippen LogP contribution in [-0.4, -0.2) is 5.78 Å². The van der Waals surface area contributed by atoms with Gasteiger partial charge >= 0.3 is 0 Å². The van der Waals surface area contributed by atoms with E-state index in [1.807, 2.05) is 26.0 Å². The number of Topliss-reactive ketones (excluding diaryl/α,β-unsaturated/α-hetero) is 1. The second kappa shape index (κ2) is 8.72. The van der Waals surface area contributed by atoms with Crippen molar-refractivity contribution >= 4 is 5.78 Å². The van der Waals surface area contributed by atoms with E-state index in [0.717, 1.165) is 11.1 Å². The van der Waals surface area contributed by atoms with Gasteiger partial charge in [0.1, 0.15) is 17.4 Å². The first-order valence-corrected chi connectivity index (χ1v) is 8.59. The molecule has 0 N–H and O–H groups in total. The van der Waals surface area contributed by atoms with Gasteiger partial charge < -0.3 is 0 Å². The molecule has 0 aliphatic carbocycles. The molecule has 2 rings (SSSR count). The van der Waals surface area contributed by atoms with Crippen LogP contribution in [-0.2, 0) is 30.5 Å². The summed E-state index contributed by atoms with van der Waals surface area (Å²) in [7, 11) is 0. The van der Waals surface area contributed by atoms with E-state index in [-0.39, 0.29) is 17.4 Å². The molecule has 0 amide bonds. The van der Waals surface area contributed by atoms with Crippen LogP contribution in [0.15, 0.2) is 36.4 Å². The summed E-state index contributed by atoms with van der Waals surface area (Å²) < 4.78 is 27.4. The molecule has 0 aromatic heterocycles. The quantitative estimate of drug-likeness (QED) is 0.648. The molecule has 0 radical (unpaired) electrons. The zero-order chi connectivity index (χ0) is 17.5. The topological polar surface area (TPSA) is 17.1 Å². The van der Waals surface area contributed by atoms with Crippen LogP contribution in [0.25, 0.3) is 0 Å². The minimum atomic E-state index is -0.200. The predicted octanol–water partition coefficient (Wildman–Crippen LogP) is 5.22. The van der Waals surface area contributed by atoms with Gasteiger partial charge in [-0.1, -0.05) is 38.1 Å². The zero-order valence-electron chi connectivity index (χ0n) is 14.4. The minimum absolute atomic E-state index is 0.120. The molecule has 0 atom stereocenters. The first-order chi connectivity index (χ1) is 11.5. The fourth-order valence-electron chi connectivity index (χ4n) is 2.76. The van der Waals surface area contributed by atoms with Gasteiger partial charge in [0.15, 0.2) is 0 Å². The van der Waals surface area contributed by atoms with Crippen LogP contribution in [0.1, 0.15) is 48.9 Å². The molecule has 1 nitrogen and oxygen atoms in total. The van der Waals surface area contributed by atoms with E-state index in [0.29, 0.717) is 49.7 Å². The maximum absolute atomic E-state index is 13.7. The van der Waals surface area contributed by atoms with Crippen LogP contribution < -0.4 is 0 Å². The first-order valence-electron chi connectivity index (χ1n) is 8.59. The maximum Gasteiger partial charge on any atom is 0.133 e. The molecule has 2 aromatic carbocycles. The smallest absolute Gasteiger partial charge is 0.133 e. The number of hydrogen-bond acceptors (Lipinski definition) is 1. The molecule has 0 unspecified atom stereocenters. The number of ketones is 1. The van der Waals surface area contributed by atoms with Gasteiger partial charge in [0.25, 0.3) is 0 Å². The number of carbonyl (C=O) groups excluding carboxylic acids is 1. The molecule has 128 valence electrons. The maximum atomic E-state index is 13.7. The lowest BCUT2D eigenvalue weighted by Gasteiger charge is -2.06. The van der Waals surface area contributed by atoms with E-state index >= 15 is 0 Å². The Balaban J connectivity index is 1.83. The van der Waals surface area contributed by atoms with Gasteiger partial charge in [0, 0.05) is 12.8 Å². The Labute approximate surface area is 142 Å². The highest BCUT2D eigenvalue weighted by Gasteiger charge is 2.07. The van der Waals surface area contributed by atoms with Gasteiger partial charge in [-0.05, 0) is 60.1 Å². The Morgan fingerprint density at radius 3 is 1.54 bits per heavy atom. The molecule has 0 saturated carbocycles. The number of aryl methyl sites for hydroxylation is 4. The fourth-order valence-corrected chi connectivity index (χ4v) is 2.76. The van der Waals surface area contributed by atoms with Crippen molar-refractivity contribution in [2.75, 3.05) is 0 Å². The van der Waals surface area contributed by atoms with E-state index in [2.05, 4.69) is 0 Å². The third-order valence-electron chi connectivity index (χ3n) is 4.38. The lowest BCUT2D eigenvalue weighted by molar-refractivity contribution is -0.119. The molecule has 2 aromatic rings. The summed E-state index contributed by atoms with van der Waals surface area (Å²) in [6.07, 6.45) is 3.20. The van der Waals surface area contributed by atoms with Crippen LogP contribution in [0, 0.1) is 11.6 Å². The van der Waals surface area contributed by atoms with Gasteiger partial charge in [-0.2, -0.15) is 0 Å². The molecule has 0 bridgehead atoms. The summed E-state index contributed by atoms with van der Waals surface area (Å²) in [5.41, 5.74) is 3.08. The van der Waals surface area contributed by atoms with Crippen molar-refractivity contribution in [2.24, 2.45) is 0 Å².